The molecule has 2 aromatic carbocycles. The van der Waals surface area contributed by atoms with Crippen molar-refractivity contribution in [3.8, 4) is 0 Å². The summed E-state index contributed by atoms with van der Waals surface area (Å²) in [6.07, 6.45) is 0. The number of rotatable bonds is 3. The normalized spacial score (nSPS) is 9.83. The second kappa shape index (κ2) is 8.31. The molecular weight excluding hydrogens is 287 g/mol. The molecule has 4 heteroatoms. The summed E-state index contributed by atoms with van der Waals surface area (Å²) in [7, 11) is 0. The van der Waals surface area contributed by atoms with Gasteiger partial charge >= 0.3 is 29.6 Å². The monoisotopic (exact) mass is 298 g/mol. The van der Waals surface area contributed by atoms with Crippen LogP contribution in [0.3, 0.4) is 0 Å². The van der Waals surface area contributed by atoms with Crippen molar-refractivity contribution in [2.75, 3.05) is 0 Å². The Balaban J connectivity index is 0.00000162. The molecule has 0 nitrogen and oxygen atoms in total. The average molecular weight is 298 g/mol. The molecule has 0 saturated carbocycles. The quantitative estimate of drug-likeness (QED) is 0.477. The van der Waals surface area contributed by atoms with E-state index in [-0.39, 0.29) is 34.8 Å². The summed E-state index contributed by atoms with van der Waals surface area (Å²) < 4.78 is 0.558. The molecule has 0 atom stereocenters. The van der Waals surface area contributed by atoms with Crippen molar-refractivity contribution in [3.05, 3.63) is 71.8 Å². The predicted molar refractivity (Wildman–Crippen MR) is 82.3 cm³/mol. The van der Waals surface area contributed by atoms with Gasteiger partial charge in [0.1, 0.15) is 0 Å². The van der Waals surface area contributed by atoms with E-state index in [1.807, 2.05) is 36.4 Å². The van der Waals surface area contributed by atoms with Gasteiger partial charge in [-0.3, -0.25) is 0 Å². The molecule has 0 amide bonds. The van der Waals surface area contributed by atoms with E-state index in [0.29, 0.717) is 3.53 Å². The molecule has 0 aliphatic carbocycles. The van der Waals surface area contributed by atoms with Crippen molar-refractivity contribution in [2.45, 2.75) is 5.25 Å². The molecule has 18 heavy (non-hydrogen) atoms. The fraction of sp³-hybridized carbons (Fsp3) is 0.0714. The van der Waals surface area contributed by atoms with Gasteiger partial charge in [0.25, 0.3) is 0 Å². The van der Waals surface area contributed by atoms with E-state index in [9.17, 15) is 0 Å². The van der Waals surface area contributed by atoms with Crippen LogP contribution in [0.4, 0.5) is 0 Å². The van der Waals surface area contributed by atoms with Crippen LogP contribution in [0, 0.1) is 0 Å². The number of hydrogen-bond donors (Lipinski definition) is 0. The van der Waals surface area contributed by atoms with Gasteiger partial charge in [0.05, 0.1) is 5.25 Å². The Morgan fingerprint density at radius 3 is 1.61 bits per heavy atom. The van der Waals surface area contributed by atoms with Gasteiger partial charge in [0.2, 0.25) is 0 Å². The molecule has 0 bridgehead atoms. The van der Waals surface area contributed by atoms with Crippen molar-refractivity contribution in [2.24, 2.45) is 0 Å². The van der Waals surface area contributed by atoms with Gasteiger partial charge in [-0.05, 0) is 11.1 Å². The first-order valence-electron chi connectivity index (χ1n) is 5.25. The van der Waals surface area contributed by atoms with Gasteiger partial charge < -0.3 is 24.8 Å². The maximum atomic E-state index is 5.05. The van der Waals surface area contributed by atoms with Gasteiger partial charge in [-0.15, -0.1) is 11.8 Å². The first-order valence-corrected chi connectivity index (χ1v) is 6.94. The summed E-state index contributed by atoms with van der Waals surface area (Å²) in [5, 5.41) is 0.197. The number of benzene rings is 2. The Labute approximate surface area is 145 Å². The van der Waals surface area contributed by atoms with Gasteiger partial charge in [-0.2, -0.15) is 0 Å². The van der Waals surface area contributed by atoms with E-state index < -0.39 is 0 Å². The van der Waals surface area contributed by atoms with Crippen molar-refractivity contribution in [3.63, 3.8) is 0 Å². The zero-order valence-corrected chi connectivity index (χ0v) is 14.5. The minimum Gasteiger partial charge on any atom is -0.422 e. The third kappa shape index (κ3) is 4.65. The van der Waals surface area contributed by atoms with E-state index in [4.69, 9.17) is 24.8 Å². The van der Waals surface area contributed by atoms with E-state index in [2.05, 4.69) is 24.3 Å². The van der Waals surface area contributed by atoms with Crippen LogP contribution < -0.4 is 29.6 Å². The Bertz CT molecular complexity index is 445. The van der Waals surface area contributed by atoms with Crippen LogP contribution in [0.2, 0.25) is 0 Å². The van der Waals surface area contributed by atoms with Crippen LogP contribution in [0.15, 0.2) is 60.7 Å². The first-order chi connectivity index (χ1) is 8.27. The van der Waals surface area contributed by atoms with E-state index in [0.717, 1.165) is 0 Å². The van der Waals surface area contributed by atoms with Gasteiger partial charge in [0, 0.05) is 0 Å². The van der Waals surface area contributed by atoms with Crippen LogP contribution in [-0.4, -0.2) is 3.53 Å². The fourth-order valence-corrected chi connectivity index (χ4v) is 3.04. The molecule has 0 fully saturated rings. The number of hydrogen-bond acceptors (Lipinski definition) is 3. The summed E-state index contributed by atoms with van der Waals surface area (Å²) in [5.74, 6) is 0. The number of thioether (sulfide) groups is 1. The van der Waals surface area contributed by atoms with Crippen LogP contribution in [-0.2, 0) is 12.6 Å². The van der Waals surface area contributed by atoms with E-state index >= 15 is 0 Å². The molecule has 2 aromatic rings. The Morgan fingerprint density at radius 1 is 0.889 bits per heavy atom. The molecule has 0 aliphatic heterocycles. The molecule has 0 heterocycles. The summed E-state index contributed by atoms with van der Waals surface area (Å²) >= 11 is 11.7. The van der Waals surface area contributed by atoms with E-state index in [1.54, 1.807) is 11.8 Å². The predicted octanol–water partition coefficient (Wildman–Crippen LogP) is 1.35. The summed E-state index contributed by atoms with van der Waals surface area (Å²) in [4.78, 5) is 0. The molecule has 2 rings (SSSR count). The largest absolute Gasteiger partial charge is 1.00 e. The first kappa shape index (κ1) is 16.2. The smallest absolute Gasteiger partial charge is 0.422 e. The van der Waals surface area contributed by atoms with Gasteiger partial charge in [0.15, 0.2) is 0 Å². The summed E-state index contributed by atoms with van der Waals surface area (Å²) in [6, 6.07) is 20.6. The van der Waals surface area contributed by atoms with Crippen molar-refractivity contribution < 1.29 is 29.6 Å². The standard InChI is InChI=1S/C14H12S3.Na/c15-14(16)17-13(11-7-3-1-4-8-11)12-9-5-2-6-10-12;/h1-10,13H,(H,15,16);/q;+1/p-1. The second-order valence-corrected chi connectivity index (χ2v) is 6.28. The van der Waals surface area contributed by atoms with Crippen molar-refractivity contribution in [1.29, 1.82) is 0 Å². The van der Waals surface area contributed by atoms with Gasteiger partial charge in [-0.1, -0.05) is 64.2 Å². The van der Waals surface area contributed by atoms with Crippen LogP contribution in [0.25, 0.3) is 0 Å². The third-order valence-corrected chi connectivity index (χ3v) is 3.97. The molecule has 0 saturated heterocycles. The summed E-state index contributed by atoms with van der Waals surface area (Å²) in [5.41, 5.74) is 2.46. The second-order valence-electron chi connectivity index (χ2n) is 3.57. The van der Waals surface area contributed by atoms with Crippen LogP contribution >= 0.6 is 24.0 Å². The molecule has 0 aliphatic rings. The molecule has 0 radical (unpaired) electrons. The third-order valence-electron chi connectivity index (χ3n) is 2.42. The van der Waals surface area contributed by atoms with Crippen molar-refractivity contribution in [1.82, 2.24) is 0 Å². The van der Waals surface area contributed by atoms with E-state index in [1.165, 1.54) is 11.1 Å². The van der Waals surface area contributed by atoms with Crippen molar-refractivity contribution >= 4 is 40.1 Å². The molecule has 0 unspecified atom stereocenters. The molecular formula is C14H11NaS3. The van der Waals surface area contributed by atoms with Gasteiger partial charge in [-0.25, -0.2) is 0 Å². The maximum absolute atomic E-state index is 5.05. The maximum Gasteiger partial charge on any atom is 1.00 e. The molecule has 0 N–H and O–H groups in total. The Hall–Kier alpha value is 0.1000. The van der Waals surface area contributed by atoms with Crippen LogP contribution in [0.5, 0.6) is 0 Å². The SMILES string of the molecule is S=C([S-])SC(c1ccccc1)c1ccccc1.[Na+]. The zero-order chi connectivity index (χ0) is 12.1. The Kier molecular flexibility index (Phi) is 7.46. The zero-order valence-electron chi connectivity index (χ0n) is 10.1. The molecule has 0 aromatic heterocycles. The summed E-state index contributed by atoms with van der Waals surface area (Å²) in [6.45, 7) is 0. The molecule has 0 spiro atoms. The minimum atomic E-state index is 0. The van der Waals surface area contributed by atoms with Crippen LogP contribution in [0.1, 0.15) is 16.4 Å². The minimum absolute atomic E-state index is 0. The topological polar surface area (TPSA) is 0 Å². The Morgan fingerprint density at radius 2 is 1.28 bits per heavy atom. The average Bonchev–Trinajstić information content (AvgIpc) is 2.38. The molecule has 86 valence electrons. The fourth-order valence-electron chi connectivity index (χ4n) is 1.68. The number of thiocarbonyl (C=S) groups is 1.